The first-order chi connectivity index (χ1) is 22.4. The Morgan fingerprint density at radius 2 is 0.522 bits per heavy atom. The Labute approximate surface area is 264 Å². The molecule has 46 heavy (non-hydrogen) atoms. The highest BCUT2D eigenvalue weighted by molar-refractivity contribution is 6.16. The zero-order valence-corrected chi connectivity index (χ0v) is 24.5. The molecular formula is C42H26F4. The van der Waals surface area contributed by atoms with E-state index >= 15 is 0 Å². The molecule has 0 aliphatic rings. The zero-order valence-electron chi connectivity index (χ0n) is 24.5. The van der Waals surface area contributed by atoms with Crippen LogP contribution in [0.25, 0.3) is 44.8 Å². The molecule has 222 valence electrons. The van der Waals surface area contributed by atoms with Crippen LogP contribution in [0.4, 0.5) is 17.6 Å². The van der Waals surface area contributed by atoms with Gasteiger partial charge in [-0.25, -0.2) is 17.6 Å². The van der Waals surface area contributed by atoms with Crippen molar-refractivity contribution in [3.05, 3.63) is 202 Å². The first-order valence-corrected chi connectivity index (χ1v) is 14.9. The van der Waals surface area contributed by atoms with E-state index in [0.717, 1.165) is 66.1 Å². The van der Waals surface area contributed by atoms with Gasteiger partial charge in [0, 0.05) is 0 Å². The van der Waals surface area contributed by atoms with Gasteiger partial charge < -0.3 is 0 Å². The van der Waals surface area contributed by atoms with E-state index in [1.165, 1.54) is 48.5 Å². The normalized spacial score (nSPS) is 11.0. The van der Waals surface area contributed by atoms with Gasteiger partial charge in [0.25, 0.3) is 0 Å². The molecule has 0 fully saturated rings. The van der Waals surface area contributed by atoms with Gasteiger partial charge in [-0.05, 0) is 127 Å². The van der Waals surface area contributed by atoms with Crippen LogP contribution in [0.2, 0.25) is 0 Å². The van der Waals surface area contributed by atoms with E-state index in [4.69, 9.17) is 0 Å². The minimum absolute atomic E-state index is 0.340. The van der Waals surface area contributed by atoms with Crippen LogP contribution in [0.15, 0.2) is 146 Å². The number of rotatable bonds is 6. The lowest BCUT2D eigenvalue weighted by Crippen LogP contribution is -1.94. The van der Waals surface area contributed by atoms with Crippen molar-refractivity contribution >= 4 is 44.8 Å². The summed E-state index contributed by atoms with van der Waals surface area (Å²) in [5.74, 6) is -1.36. The van der Waals surface area contributed by atoms with Gasteiger partial charge in [0.2, 0.25) is 0 Å². The molecule has 0 aliphatic carbocycles. The van der Waals surface area contributed by atoms with Gasteiger partial charge in [-0.2, -0.15) is 0 Å². The van der Waals surface area contributed by atoms with Crippen molar-refractivity contribution in [3.8, 4) is 0 Å². The molecule has 0 bridgehead atoms. The number of halogens is 4. The van der Waals surface area contributed by atoms with Crippen molar-refractivity contribution in [1.82, 2.24) is 0 Å². The molecule has 0 spiro atoms. The van der Waals surface area contributed by atoms with Crippen LogP contribution in [-0.2, 0) is 0 Å². The maximum Gasteiger partial charge on any atom is 0.123 e. The smallest absolute Gasteiger partial charge is 0.123 e. The lowest BCUT2D eigenvalue weighted by molar-refractivity contribution is 0.627. The molecule has 0 aromatic heterocycles. The fourth-order valence-electron chi connectivity index (χ4n) is 5.98. The van der Waals surface area contributed by atoms with Crippen molar-refractivity contribution in [1.29, 1.82) is 0 Å². The van der Waals surface area contributed by atoms with E-state index < -0.39 is 0 Å². The van der Waals surface area contributed by atoms with Crippen molar-refractivity contribution < 1.29 is 17.6 Å². The summed E-state index contributed by atoms with van der Waals surface area (Å²) in [6, 6.07) is 41.4. The van der Waals surface area contributed by atoms with Crippen LogP contribution in [0.1, 0.15) is 33.4 Å². The molecule has 7 rings (SSSR count). The third kappa shape index (κ3) is 5.73. The first-order valence-electron chi connectivity index (χ1n) is 14.9. The minimum atomic E-state index is -0.340. The van der Waals surface area contributed by atoms with Crippen molar-refractivity contribution in [2.24, 2.45) is 0 Å². The lowest BCUT2D eigenvalue weighted by Gasteiger charge is -2.17. The Balaban J connectivity index is 1.54. The molecule has 0 radical (unpaired) electrons. The Hall–Kier alpha value is -5.74. The van der Waals surface area contributed by atoms with Crippen LogP contribution >= 0.6 is 0 Å². The van der Waals surface area contributed by atoms with Crippen LogP contribution in [-0.4, -0.2) is 0 Å². The fraction of sp³-hybridized carbons (Fsp3) is 0. The Bertz CT molecular complexity index is 1930. The molecule has 4 heteroatoms. The summed E-state index contributed by atoms with van der Waals surface area (Å²) >= 11 is 0. The van der Waals surface area contributed by atoms with E-state index in [1.54, 1.807) is 48.5 Å². The second kappa shape index (κ2) is 12.3. The highest BCUT2D eigenvalue weighted by Gasteiger charge is 2.16. The number of benzene rings is 7. The quantitative estimate of drug-likeness (QED) is 0.100. The molecule has 7 aromatic carbocycles. The number of hydrogen-bond acceptors (Lipinski definition) is 0. The van der Waals surface area contributed by atoms with Crippen LogP contribution < -0.4 is 0 Å². The van der Waals surface area contributed by atoms with Gasteiger partial charge in [-0.15, -0.1) is 0 Å². The van der Waals surface area contributed by atoms with Gasteiger partial charge in [0.05, 0.1) is 0 Å². The van der Waals surface area contributed by atoms with Crippen LogP contribution in [0, 0.1) is 23.3 Å². The summed E-state index contributed by atoms with van der Waals surface area (Å²) in [6.45, 7) is 0. The average Bonchev–Trinajstić information content (AvgIpc) is 3.08. The van der Waals surface area contributed by atoms with Crippen molar-refractivity contribution in [2.45, 2.75) is 0 Å². The van der Waals surface area contributed by atoms with Gasteiger partial charge in [0.1, 0.15) is 23.3 Å². The number of fused-ring (bicyclic) bond motifs is 2. The fourth-order valence-corrected chi connectivity index (χ4v) is 5.98. The van der Waals surface area contributed by atoms with Crippen LogP contribution in [0.3, 0.4) is 0 Å². The van der Waals surface area contributed by atoms with Crippen molar-refractivity contribution in [2.75, 3.05) is 0 Å². The summed E-state index contributed by atoms with van der Waals surface area (Å²) in [5.41, 5.74) is 6.71. The summed E-state index contributed by atoms with van der Waals surface area (Å²) in [7, 11) is 0. The molecule has 0 N–H and O–H groups in total. The summed E-state index contributed by atoms with van der Waals surface area (Å²) in [4.78, 5) is 0. The maximum atomic E-state index is 14.0. The monoisotopic (exact) mass is 606 g/mol. The Morgan fingerprint density at radius 3 is 0.739 bits per heavy atom. The molecule has 0 aliphatic heterocycles. The van der Waals surface area contributed by atoms with Gasteiger partial charge >= 0.3 is 0 Å². The van der Waals surface area contributed by atoms with Crippen LogP contribution in [0.5, 0.6) is 0 Å². The Morgan fingerprint density at radius 1 is 0.304 bits per heavy atom. The molecule has 0 unspecified atom stereocenters. The molecule has 7 aromatic rings. The van der Waals surface area contributed by atoms with E-state index in [-0.39, 0.29) is 23.3 Å². The molecule has 0 nitrogen and oxygen atoms in total. The third-order valence-corrected chi connectivity index (χ3v) is 8.21. The Kier molecular flexibility index (Phi) is 7.78. The van der Waals surface area contributed by atoms with E-state index in [9.17, 15) is 17.6 Å². The lowest BCUT2D eigenvalue weighted by atomic mass is 9.87. The topological polar surface area (TPSA) is 0 Å². The summed E-state index contributed by atoms with van der Waals surface area (Å²) in [6.07, 6.45) is 4.17. The van der Waals surface area contributed by atoms with Gasteiger partial charge in [0.15, 0.2) is 0 Å². The molecule has 0 atom stereocenters. The van der Waals surface area contributed by atoms with Gasteiger partial charge in [-0.1, -0.05) is 97.1 Å². The van der Waals surface area contributed by atoms with E-state index in [0.29, 0.717) is 0 Å². The van der Waals surface area contributed by atoms with Crippen molar-refractivity contribution in [3.63, 3.8) is 0 Å². The predicted octanol–water partition coefficient (Wildman–Crippen LogP) is 11.7. The first kappa shape index (κ1) is 29.0. The second-order valence-corrected chi connectivity index (χ2v) is 11.1. The van der Waals surface area contributed by atoms with Gasteiger partial charge in [-0.3, -0.25) is 0 Å². The highest BCUT2D eigenvalue weighted by atomic mass is 19.1. The largest absolute Gasteiger partial charge is 0.207 e. The standard InChI is InChI=1S/C42H26F4/c43-31-17-9-27(10-18-31)39(28-11-19-32(44)20-12-28)25-41-35-5-1-2-6-36(35)42(38-8-4-3-7-37(38)41)26-40(29-13-21-33(45)22-14-29)30-15-23-34(46)24-16-30/h1-26H. The van der Waals surface area contributed by atoms with E-state index in [2.05, 4.69) is 36.4 Å². The molecule has 0 heterocycles. The molecule has 0 saturated carbocycles. The van der Waals surface area contributed by atoms with E-state index in [1.807, 2.05) is 24.3 Å². The average molecular weight is 607 g/mol. The minimum Gasteiger partial charge on any atom is -0.207 e. The third-order valence-electron chi connectivity index (χ3n) is 8.21. The summed E-state index contributed by atoms with van der Waals surface area (Å²) in [5, 5.41) is 3.91. The highest BCUT2D eigenvalue weighted by Crippen LogP contribution is 2.39. The summed E-state index contributed by atoms with van der Waals surface area (Å²) < 4.78 is 55.9. The zero-order chi connectivity index (χ0) is 31.6. The predicted molar refractivity (Wildman–Crippen MR) is 181 cm³/mol. The molecule has 0 saturated heterocycles. The molecular weight excluding hydrogens is 580 g/mol. The molecule has 0 amide bonds. The SMILES string of the molecule is Fc1ccc(C(=Cc2c3ccccc3c(C=C(c3ccc(F)cc3)c3ccc(F)cc3)c3ccccc23)c2ccc(F)cc2)cc1. The second-order valence-electron chi connectivity index (χ2n) is 11.1. The number of hydrogen-bond donors (Lipinski definition) is 0. The maximum absolute atomic E-state index is 14.0.